The summed E-state index contributed by atoms with van der Waals surface area (Å²) >= 11 is 1.48. The van der Waals surface area contributed by atoms with Gasteiger partial charge in [-0.2, -0.15) is 0 Å². The van der Waals surface area contributed by atoms with Gasteiger partial charge >= 0.3 is 0 Å². The average Bonchev–Trinajstić information content (AvgIpc) is 3.19. The fourth-order valence-corrected chi connectivity index (χ4v) is 4.53. The van der Waals surface area contributed by atoms with E-state index < -0.39 is 0 Å². The molecule has 1 aromatic heterocycles. The van der Waals surface area contributed by atoms with Crippen molar-refractivity contribution in [2.24, 2.45) is 0 Å². The molecule has 3 heterocycles. The lowest BCUT2D eigenvalue weighted by Crippen LogP contribution is -2.48. The van der Waals surface area contributed by atoms with Crippen molar-refractivity contribution in [1.82, 2.24) is 9.88 Å². The first-order valence-corrected chi connectivity index (χ1v) is 9.99. The van der Waals surface area contributed by atoms with Crippen molar-refractivity contribution >= 4 is 32.6 Å². The fourth-order valence-electron chi connectivity index (χ4n) is 3.50. The van der Waals surface area contributed by atoms with Crippen LogP contribution in [0.3, 0.4) is 0 Å². The Balaban J connectivity index is 1.28. The molecule has 0 bridgehead atoms. The van der Waals surface area contributed by atoms with Gasteiger partial charge in [0.15, 0.2) is 16.6 Å². The normalized spacial score (nSPS) is 16.5. The first kappa shape index (κ1) is 17.2. The van der Waals surface area contributed by atoms with Gasteiger partial charge in [-0.1, -0.05) is 17.4 Å². The number of rotatable bonds is 2. The summed E-state index contributed by atoms with van der Waals surface area (Å²) in [7, 11) is 0. The average molecular weight is 399 g/mol. The van der Waals surface area contributed by atoms with Gasteiger partial charge in [-0.3, -0.25) is 4.79 Å². The van der Waals surface area contributed by atoms with Gasteiger partial charge in [0.1, 0.15) is 24.5 Å². The van der Waals surface area contributed by atoms with Gasteiger partial charge < -0.3 is 19.3 Å². The topological polar surface area (TPSA) is 54.9 Å². The van der Waals surface area contributed by atoms with E-state index >= 15 is 0 Å². The summed E-state index contributed by atoms with van der Waals surface area (Å²) < 4.78 is 25.8. The molecular weight excluding hydrogens is 381 g/mol. The Morgan fingerprint density at radius 2 is 1.82 bits per heavy atom. The number of hydrogen-bond donors (Lipinski definition) is 0. The number of aromatic nitrogens is 1. The fraction of sp³-hybridized carbons (Fsp3) is 0.300. The van der Waals surface area contributed by atoms with Crippen LogP contribution in [0.2, 0.25) is 0 Å². The molecule has 0 aliphatic carbocycles. The second-order valence-electron chi connectivity index (χ2n) is 6.72. The third kappa shape index (κ3) is 3.03. The number of carbonyl (C=O) groups is 1. The lowest BCUT2D eigenvalue weighted by molar-refractivity contribution is 0.0745. The van der Waals surface area contributed by atoms with Crippen LogP contribution in [0.15, 0.2) is 36.4 Å². The van der Waals surface area contributed by atoms with Crippen LogP contribution >= 0.6 is 11.3 Å². The van der Waals surface area contributed by atoms with E-state index in [0.29, 0.717) is 62.0 Å². The molecular formula is C20H18FN3O3S. The van der Waals surface area contributed by atoms with Gasteiger partial charge in [0, 0.05) is 31.7 Å². The SMILES string of the molecule is O=C(c1ccc2c(c1)OCCO2)N1CCN(c2nc3c(F)cccc3s2)CC1. The Kier molecular flexibility index (Phi) is 4.27. The van der Waals surface area contributed by atoms with Crippen LogP contribution in [-0.2, 0) is 0 Å². The highest BCUT2D eigenvalue weighted by Crippen LogP contribution is 2.32. The third-order valence-electron chi connectivity index (χ3n) is 4.98. The van der Waals surface area contributed by atoms with E-state index in [0.717, 1.165) is 9.83 Å². The van der Waals surface area contributed by atoms with Gasteiger partial charge in [0.2, 0.25) is 0 Å². The largest absolute Gasteiger partial charge is 0.486 e. The molecule has 1 fully saturated rings. The standard InChI is InChI=1S/C20H18FN3O3S/c21-14-2-1-3-17-18(14)22-20(28-17)24-8-6-23(7-9-24)19(25)13-4-5-15-16(12-13)27-11-10-26-15/h1-5,12H,6-11H2. The third-order valence-corrected chi connectivity index (χ3v) is 6.07. The van der Waals surface area contributed by atoms with Crippen LogP contribution in [0.5, 0.6) is 11.5 Å². The molecule has 5 rings (SSSR count). The number of carbonyl (C=O) groups excluding carboxylic acids is 1. The zero-order valence-electron chi connectivity index (χ0n) is 15.1. The number of piperazine rings is 1. The summed E-state index contributed by atoms with van der Waals surface area (Å²) in [5.74, 6) is 0.974. The van der Waals surface area contributed by atoms with Crippen LogP contribution in [0.4, 0.5) is 9.52 Å². The molecule has 0 saturated carbocycles. The molecule has 2 aliphatic heterocycles. The van der Waals surface area contributed by atoms with E-state index in [1.807, 2.05) is 11.0 Å². The maximum absolute atomic E-state index is 13.9. The minimum atomic E-state index is -0.299. The van der Waals surface area contributed by atoms with Crippen LogP contribution in [-0.4, -0.2) is 55.2 Å². The number of amides is 1. The number of anilines is 1. The van der Waals surface area contributed by atoms with E-state index in [-0.39, 0.29) is 11.7 Å². The molecule has 0 spiro atoms. The number of fused-ring (bicyclic) bond motifs is 2. The van der Waals surface area contributed by atoms with Crippen molar-refractivity contribution < 1.29 is 18.7 Å². The predicted molar refractivity (Wildman–Crippen MR) is 105 cm³/mol. The number of halogens is 1. The number of benzene rings is 2. The van der Waals surface area contributed by atoms with Crippen LogP contribution in [0, 0.1) is 5.82 Å². The van der Waals surface area contributed by atoms with Gasteiger partial charge in [-0.05, 0) is 30.3 Å². The van der Waals surface area contributed by atoms with E-state index in [9.17, 15) is 9.18 Å². The lowest BCUT2D eigenvalue weighted by Gasteiger charge is -2.34. The summed E-state index contributed by atoms with van der Waals surface area (Å²) in [6.45, 7) is 3.52. The molecule has 2 aromatic carbocycles. The Labute approximate surface area is 165 Å². The van der Waals surface area contributed by atoms with Gasteiger partial charge in [-0.15, -0.1) is 0 Å². The second kappa shape index (κ2) is 6.94. The first-order valence-electron chi connectivity index (χ1n) is 9.18. The van der Waals surface area contributed by atoms with Crippen molar-refractivity contribution in [3.8, 4) is 11.5 Å². The molecule has 0 radical (unpaired) electrons. The van der Waals surface area contributed by atoms with Gasteiger partial charge in [0.05, 0.1) is 4.70 Å². The minimum Gasteiger partial charge on any atom is -0.486 e. The Morgan fingerprint density at radius 3 is 2.61 bits per heavy atom. The maximum Gasteiger partial charge on any atom is 0.254 e. The van der Waals surface area contributed by atoms with Gasteiger partial charge in [0.25, 0.3) is 5.91 Å². The Morgan fingerprint density at radius 1 is 1.04 bits per heavy atom. The summed E-state index contributed by atoms with van der Waals surface area (Å²) in [4.78, 5) is 21.2. The lowest BCUT2D eigenvalue weighted by atomic mass is 10.1. The minimum absolute atomic E-state index is 0.0213. The smallest absolute Gasteiger partial charge is 0.254 e. The number of thiazole rings is 1. The molecule has 1 amide bonds. The highest BCUT2D eigenvalue weighted by atomic mass is 32.1. The predicted octanol–water partition coefficient (Wildman–Crippen LogP) is 3.17. The Bertz CT molecular complexity index is 1050. The molecule has 3 aromatic rings. The van der Waals surface area contributed by atoms with E-state index in [1.54, 1.807) is 24.3 Å². The Hall–Kier alpha value is -2.87. The summed E-state index contributed by atoms with van der Waals surface area (Å²) in [6.07, 6.45) is 0. The molecule has 28 heavy (non-hydrogen) atoms. The molecule has 8 heteroatoms. The van der Waals surface area contributed by atoms with Crippen molar-refractivity contribution in [2.45, 2.75) is 0 Å². The van der Waals surface area contributed by atoms with E-state index in [1.165, 1.54) is 17.4 Å². The molecule has 0 unspecified atom stereocenters. The molecule has 2 aliphatic rings. The summed E-state index contributed by atoms with van der Waals surface area (Å²) in [5.41, 5.74) is 1.01. The van der Waals surface area contributed by atoms with E-state index in [2.05, 4.69) is 9.88 Å². The zero-order chi connectivity index (χ0) is 19.1. The number of para-hydroxylation sites is 1. The zero-order valence-corrected chi connectivity index (χ0v) is 15.9. The molecule has 144 valence electrons. The molecule has 1 saturated heterocycles. The molecule has 0 N–H and O–H groups in total. The highest BCUT2D eigenvalue weighted by molar-refractivity contribution is 7.22. The van der Waals surface area contributed by atoms with Crippen LogP contribution in [0.1, 0.15) is 10.4 Å². The van der Waals surface area contributed by atoms with Gasteiger partial charge in [-0.25, -0.2) is 9.37 Å². The van der Waals surface area contributed by atoms with Crippen LogP contribution < -0.4 is 14.4 Å². The van der Waals surface area contributed by atoms with Crippen molar-refractivity contribution in [3.05, 3.63) is 47.8 Å². The second-order valence-corrected chi connectivity index (χ2v) is 7.73. The highest BCUT2D eigenvalue weighted by Gasteiger charge is 2.25. The quantitative estimate of drug-likeness (QED) is 0.663. The van der Waals surface area contributed by atoms with Crippen molar-refractivity contribution in [3.63, 3.8) is 0 Å². The molecule has 0 atom stereocenters. The van der Waals surface area contributed by atoms with Crippen LogP contribution in [0.25, 0.3) is 10.2 Å². The number of hydrogen-bond acceptors (Lipinski definition) is 6. The monoisotopic (exact) mass is 399 g/mol. The summed E-state index contributed by atoms with van der Waals surface area (Å²) in [6, 6.07) is 10.3. The molecule has 6 nitrogen and oxygen atoms in total. The number of ether oxygens (including phenoxy) is 2. The van der Waals surface area contributed by atoms with Crippen molar-refractivity contribution in [2.75, 3.05) is 44.3 Å². The number of nitrogens with zero attached hydrogens (tertiary/aromatic N) is 3. The summed E-state index contributed by atoms with van der Waals surface area (Å²) in [5, 5.41) is 0.798. The first-order chi connectivity index (χ1) is 13.7. The van der Waals surface area contributed by atoms with Crippen molar-refractivity contribution in [1.29, 1.82) is 0 Å². The maximum atomic E-state index is 13.9. The van der Waals surface area contributed by atoms with E-state index in [4.69, 9.17) is 9.47 Å².